The van der Waals surface area contributed by atoms with Crippen LogP contribution in [0.2, 0.25) is 0 Å². The van der Waals surface area contributed by atoms with Crippen molar-refractivity contribution in [3.8, 4) is 5.75 Å². The van der Waals surface area contributed by atoms with Crippen LogP contribution in [-0.2, 0) is 12.0 Å². The van der Waals surface area contributed by atoms with Crippen molar-refractivity contribution in [1.29, 1.82) is 0 Å². The number of carbonyl (C=O) groups is 1. The molecular formula is C20H19F5N4O2S. The average molecular weight is 474 g/mol. The van der Waals surface area contributed by atoms with Gasteiger partial charge in [0.25, 0.3) is 0 Å². The SMILES string of the molecule is C[C@H]1SC(N)=N[C@](C)(c2cc(CC(=O)c3ncc(OCC(F)(F)F)cn3)ccc2F)[C@H]1F. The molecule has 3 rings (SSSR count). The van der Waals surface area contributed by atoms with Gasteiger partial charge in [0, 0.05) is 17.2 Å². The summed E-state index contributed by atoms with van der Waals surface area (Å²) in [5.41, 5.74) is 4.54. The molecule has 0 saturated heterocycles. The monoisotopic (exact) mass is 474 g/mol. The minimum absolute atomic E-state index is 0.0396. The number of nitrogens with two attached hydrogens (primary N) is 1. The lowest BCUT2D eigenvalue weighted by atomic mass is 9.84. The molecule has 0 radical (unpaired) electrons. The summed E-state index contributed by atoms with van der Waals surface area (Å²) in [7, 11) is 0. The second-order valence-electron chi connectivity index (χ2n) is 7.38. The number of halogens is 5. The van der Waals surface area contributed by atoms with E-state index in [0.717, 1.165) is 30.2 Å². The van der Waals surface area contributed by atoms with Gasteiger partial charge >= 0.3 is 6.18 Å². The number of hydrogen-bond acceptors (Lipinski definition) is 7. The van der Waals surface area contributed by atoms with Gasteiger partial charge in [-0.25, -0.2) is 23.7 Å². The summed E-state index contributed by atoms with van der Waals surface area (Å²) < 4.78 is 70.7. The molecule has 1 aliphatic heterocycles. The molecule has 2 heterocycles. The highest BCUT2D eigenvalue weighted by Gasteiger charge is 2.45. The zero-order valence-electron chi connectivity index (χ0n) is 17.0. The second-order valence-corrected chi connectivity index (χ2v) is 8.78. The highest BCUT2D eigenvalue weighted by atomic mass is 32.2. The molecule has 1 aromatic heterocycles. The van der Waals surface area contributed by atoms with Crippen LogP contribution in [0.1, 0.15) is 35.6 Å². The molecule has 6 nitrogen and oxygen atoms in total. The molecule has 32 heavy (non-hydrogen) atoms. The van der Waals surface area contributed by atoms with Crippen molar-refractivity contribution in [3.63, 3.8) is 0 Å². The van der Waals surface area contributed by atoms with Gasteiger partial charge in [-0.1, -0.05) is 17.8 Å². The lowest BCUT2D eigenvalue weighted by Crippen LogP contribution is -2.44. The summed E-state index contributed by atoms with van der Waals surface area (Å²) in [5, 5.41) is -0.412. The van der Waals surface area contributed by atoms with E-state index < -0.39 is 41.3 Å². The van der Waals surface area contributed by atoms with Crippen LogP contribution in [0.5, 0.6) is 5.75 Å². The van der Waals surface area contributed by atoms with Crippen LogP contribution in [-0.4, -0.2) is 45.1 Å². The van der Waals surface area contributed by atoms with Crippen molar-refractivity contribution in [2.75, 3.05) is 6.61 Å². The van der Waals surface area contributed by atoms with Crippen molar-refractivity contribution in [1.82, 2.24) is 9.97 Å². The third-order valence-electron chi connectivity index (χ3n) is 4.82. The molecule has 0 aliphatic carbocycles. The predicted octanol–water partition coefficient (Wildman–Crippen LogP) is 3.99. The van der Waals surface area contributed by atoms with Gasteiger partial charge in [-0.15, -0.1) is 0 Å². The molecule has 172 valence electrons. The van der Waals surface area contributed by atoms with Crippen LogP contribution < -0.4 is 10.5 Å². The minimum atomic E-state index is -4.52. The molecule has 2 N–H and O–H groups in total. The number of benzene rings is 1. The van der Waals surface area contributed by atoms with Gasteiger partial charge in [-0.2, -0.15) is 13.2 Å². The number of thioether (sulfide) groups is 1. The lowest BCUT2D eigenvalue weighted by Gasteiger charge is -2.37. The van der Waals surface area contributed by atoms with E-state index in [2.05, 4.69) is 19.7 Å². The molecule has 12 heteroatoms. The topological polar surface area (TPSA) is 90.5 Å². The number of aliphatic imine (C=N–C) groups is 1. The van der Waals surface area contributed by atoms with Gasteiger partial charge in [0.05, 0.1) is 12.4 Å². The zero-order valence-corrected chi connectivity index (χ0v) is 17.8. The number of ether oxygens (including phenoxy) is 1. The highest BCUT2D eigenvalue weighted by molar-refractivity contribution is 8.14. The number of alkyl halides is 4. The number of amidine groups is 1. The van der Waals surface area contributed by atoms with Crippen LogP contribution in [0, 0.1) is 5.82 Å². The van der Waals surface area contributed by atoms with Gasteiger partial charge in [-0.05, 0) is 31.5 Å². The van der Waals surface area contributed by atoms with Gasteiger partial charge in [0.15, 0.2) is 23.3 Å². The van der Waals surface area contributed by atoms with E-state index >= 15 is 0 Å². The Kier molecular flexibility index (Phi) is 6.72. The van der Waals surface area contributed by atoms with E-state index in [1.165, 1.54) is 19.1 Å². The molecule has 2 aromatic rings. The van der Waals surface area contributed by atoms with E-state index in [4.69, 9.17) is 5.73 Å². The van der Waals surface area contributed by atoms with Gasteiger partial charge < -0.3 is 10.5 Å². The zero-order chi connectivity index (χ0) is 23.7. The number of hydrogen-bond donors (Lipinski definition) is 1. The number of aromatic nitrogens is 2. The maximum Gasteiger partial charge on any atom is 0.422 e. The first kappa shape index (κ1) is 23.9. The first-order valence-electron chi connectivity index (χ1n) is 9.39. The Hall–Kier alpha value is -2.76. The van der Waals surface area contributed by atoms with Crippen molar-refractivity contribution < 1.29 is 31.5 Å². The standard InChI is InChI=1S/C20H19F5N4O2S/c1-10-16(22)19(2,29-18(26)32-10)13-5-11(3-4-14(13)21)6-15(30)17-27-7-12(8-28-17)31-9-20(23,24)25/h3-5,7-8,10,16H,6,9H2,1-2H3,(H2,26,29)/t10-,16+,19-/m1/s1. The normalized spacial score (nSPS) is 23.5. The third kappa shape index (κ3) is 5.34. The van der Waals surface area contributed by atoms with Crippen LogP contribution in [0.4, 0.5) is 22.0 Å². The molecule has 0 bridgehead atoms. The Morgan fingerprint density at radius 2 is 1.94 bits per heavy atom. The molecule has 1 aliphatic rings. The summed E-state index contributed by atoms with van der Waals surface area (Å²) >= 11 is 1.06. The van der Waals surface area contributed by atoms with Gasteiger partial charge in [-0.3, -0.25) is 4.79 Å². The smallest absolute Gasteiger partial charge is 0.422 e. The molecule has 0 amide bonds. The van der Waals surface area contributed by atoms with Crippen molar-refractivity contribution in [2.45, 2.75) is 43.4 Å². The first-order chi connectivity index (χ1) is 14.9. The Labute approximate surface area is 184 Å². The van der Waals surface area contributed by atoms with E-state index in [0.29, 0.717) is 5.56 Å². The summed E-state index contributed by atoms with van der Waals surface area (Å²) in [6.45, 7) is 1.55. The number of ketones is 1. The van der Waals surface area contributed by atoms with Crippen LogP contribution in [0.25, 0.3) is 0 Å². The van der Waals surface area contributed by atoms with Gasteiger partial charge in [0.1, 0.15) is 17.5 Å². The minimum Gasteiger partial charge on any atom is -0.481 e. The lowest BCUT2D eigenvalue weighted by molar-refractivity contribution is -0.153. The fourth-order valence-corrected chi connectivity index (χ4v) is 4.28. The van der Waals surface area contributed by atoms with Crippen LogP contribution in [0.3, 0.4) is 0 Å². The number of nitrogens with zero attached hydrogens (tertiary/aromatic N) is 3. The van der Waals surface area contributed by atoms with Crippen molar-refractivity contribution in [3.05, 3.63) is 53.4 Å². The Morgan fingerprint density at radius 1 is 1.28 bits per heavy atom. The Morgan fingerprint density at radius 3 is 2.56 bits per heavy atom. The van der Waals surface area contributed by atoms with E-state index in [9.17, 15) is 26.7 Å². The molecular weight excluding hydrogens is 455 g/mol. The van der Waals surface area contributed by atoms with Crippen molar-refractivity contribution in [2.24, 2.45) is 10.7 Å². The summed E-state index contributed by atoms with van der Waals surface area (Å²) in [6.07, 6.45) is -4.38. The van der Waals surface area contributed by atoms with Crippen LogP contribution >= 0.6 is 11.8 Å². The van der Waals surface area contributed by atoms with E-state index in [-0.39, 0.29) is 28.7 Å². The summed E-state index contributed by atoms with van der Waals surface area (Å²) in [6, 6.07) is 3.82. The fourth-order valence-electron chi connectivity index (χ4n) is 3.27. The molecule has 0 saturated carbocycles. The first-order valence-corrected chi connectivity index (χ1v) is 10.3. The predicted molar refractivity (Wildman–Crippen MR) is 109 cm³/mol. The van der Waals surface area contributed by atoms with Crippen LogP contribution in [0.15, 0.2) is 35.6 Å². The maximum absolute atomic E-state index is 15.0. The number of rotatable bonds is 6. The number of carbonyl (C=O) groups excluding carboxylic acids is 1. The molecule has 0 spiro atoms. The Balaban J connectivity index is 1.79. The molecule has 0 fully saturated rings. The fraction of sp³-hybridized carbons (Fsp3) is 0.400. The Bertz CT molecular complexity index is 1030. The highest BCUT2D eigenvalue weighted by Crippen LogP contribution is 2.42. The van der Waals surface area contributed by atoms with E-state index in [1.807, 2.05) is 0 Å². The molecule has 3 atom stereocenters. The van der Waals surface area contributed by atoms with Gasteiger partial charge in [0.2, 0.25) is 5.78 Å². The van der Waals surface area contributed by atoms with Crippen molar-refractivity contribution >= 4 is 22.7 Å². The summed E-state index contributed by atoms with van der Waals surface area (Å²) in [4.78, 5) is 24.1. The largest absolute Gasteiger partial charge is 0.481 e. The molecule has 1 aromatic carbocycles. The third-order valence-corrected chi connectivity index (χ3v) is 5.76. The van der Waals surface area contributed by atoms with E-state index in [1.54, 1.807) is 6.92 Å². The quantitative estimate of drug-likeness (QED) is 0.503. The maximum atomic E-state index is 15.0. The number of Topliss-reactive ketones (excluding diaryl/α,β-unsaturated/α-hetero) is 1. The average Bonchev–Trinajstić information content (AvgIpc) is 2.71. The molecule has 0 unspecified atom stereocenters. The summed E-state index contributed by atoms with van der Waals surface area (Å²) in [5.74, 6) is -1.76. The second kappa shape index (κ2) is 9.00.